The fourth-order valence-corrected chi connectivity index (χ4v) is 3.08. The molecule has 0 radical (unpaired) electrons. The van der Waals surface area contributed by atoms with E-state index in [1.165, 1.54) is 22.6 Å². The second-order valence-corrected chi connectivity index (χ2v) is 5.86. The normalized spacial score (nSPS) is 12.6. The zero-order valence-corrected chi connectivity index (χ0v) is 12.8. The predicted molar refractivity (Wildman–Crippen MR) is 82.8 cm³/mol. The van der Waals surface area contributed by atoms with Crippen LogP contribution in [-0.4, -0.2) is 12.0 Å². The van der Waals surface area contributed by atoms with E-state index in [1.807, 2.05) is 14.0 Å². The Labute approximate surface area is 119 Å². The minimum atomic E-state index is 0.348. The smallest absolute Gasteiger partial charge is 0.0947 e. The molecule has 1 heterocycles. The van der Waals surface area contributed by atoms with Crippen LogP contribution < -0.4 is 5.32 Å². The van der Waals surface area contributed by atoms with E-state index in [4.69, 9.17) is 0 Å². The number of thiazole rings is 1. The van der Waals surface area contributed by atoms with Gasteiger partial charge in [-0.25, -0.2) is 4.98 Å². The summed E-state index contributed by atoms with van der Waals surface area (Å²) in [6.45, 7) is 4.27. The minimum absolute atomic E-state index is 0.348. The van der Waals surface area contributed by atoms with Crippen molar-refractivity contribution in [3.8, 4) is 0 Å². The van der Waals surface area contributed by atoms with Crippen molar-refractivity contribution in [2.75, 3.05) is 7.05 Å². The van der Waals surface area contributed by atoms with E-state index in [0.29, 0.717) is 6.04 Å². The second-order valence-electron chi connectivity index (χ2n) is 4.92. The van der Waals surface area contributed by atoms with Crippen molar-refractivity contribution in [3.05, 3.63) is 51.5 Å². The number of benzene rings is 1. The number of hydrogen-bond acceptors (Lipinski definition) is 3. The van der Waals surface area contributed by atoms with Gasteiger partial charge in [0.15, 0.2) is 0 Å². The van der Waals surface area contributed by atoms with Crippen molar-refractivity contribution >= 4 is 11.3 Å². The zero-order chi connectivity index (χ0) is 13.7. The first-order valence-electron chi connectivity index (χ1n) is 6.90. The Balaban J connectivity index is 2.08. The van der Waals surface area contributed by atoms with Crippen LogP contribution in [0.15, 0.2) is 29.6 Å². The summed E-state index contributed by atoms with van der Waals surface area (Å²) in [4.78, 5) is 4.55. The summed E-state index contributed by atoms with van der Waals surface area (Å²) in [7, 11) is 2.02. The molecule has 0 aliphatic carbocycles. The summed E-state index contributed by atoms with van der Waals surface area (Å²) in [5, 5.41) is 6.71. The van der Waals surface area contributed by atoms with Gasteiger partial charge in [0.2, 0.25) is 0 Å². The first-order chi connectivity index (χ1) is 9.22. The predicted octanol–water partition coefficient (Wildman–Crippen LogP) is 3.91. The molecule has 1 aromatic heterocycles. The Kier molecular flexibility index (Phi) is 5.11. The van der Waals surface area contributed by atoms with Gasteiger partial charge in [0, 0.05) is 23.5 Å². The maximum absolute atomic E-state index is 4.55. The lowest BCUT2D eigenvalue weighted by molar-refractivity contribution is 0.589. The van der Waals surface area contributed by atoms with Gasteiger partial charge in [-0.05, 0) is 31.5 Å². The highest BCUT2D eigenvalue weighted by atomic mass is 32.1. The molecule has 1 unspecified atom stereocenters. The van der Waals surface area contributed by atoms with Crippen molar-refractivity contribution in [3.63, 3.8) is 0 Å². The molecule has 1 aromatic carbocycles. The molecule has 102 valence electrons. The van der Waals surface area contributed by atoms with Gasteiger partial charge in [-0.2, -0.15) is 0 Å². The van der Waals surface area contributed by atoms with Crippen LogP contribution in [0, 0.1) is 6.92 Å². The Morgan fingerprint density at radius 2 is 2.00 bits per heavy atom. The Hall–Kier alpha value is -1.19. The highest BCUT2D eigenvalue weighted by molar-refractivity contribution is 7.09. The van der Waals surface area contributed by atoms with Gasteiger partial charge in [-0.15, -0.1) is 11.3 Å². The first kappa shape index (κ1) is 14.2. The van der Waals surface area contributed by atoms with Crippen LogP contribution in [0.2, 0.25) is 0 Å². The van der Waals surface area contributed by atoms with Gasteiger partial charge in [-0.3, -0.25) is 0 Å². The van der Waals surface area contributed by atoms with E-state index in [0.717, 1.165) is 18.5 Å². The van der Waals surface area contributed by atoms with E-state index in [9.17, 15) is 0 Å². The third kappa shape index (κ3) is 3.88. The van der Waals surface area contributed by atoms with Crippen LogP contribution >= 0.6 is 11.3 Å². The molecule has 1 N–H and O–H groups in total. The molecule has 0 saturated carbocycles. The topological polar surface area (TPSA) is 24.9 Å². The number of nitrogens with zero attached hydrogens (tertiary/aromatic N) is 1. The molecule has 3 heteroatoms. The maximum Gasteiger partial charge on any atom is 0.0947 e. The summed E-state index contributed by atoms with van der Waals surface area (Å²) < 4.78 is 0. The minimum Gasteiger partial charge on any atom is -0.313 e. The molecule has 0 fully saturated rings. The molecule has 0 saturated heterocycles. The molecule has 2 aromatic rings. The van der Waals surface area contributed by atoms with Crippen molar-refractivity contribution in [1.29, 1.82) is 0 Å². The number of aromatic nitrogens is 1. The molecule has 1 atom stereocenters. The number of rotatable bonds is 6. The number of hydrogen-bond donors (Lipinski definition) is 1. The van der Waals surface area contributed by atoms with E-state index in [-0.39, 0.29) is 0 Å². The van der Waals surface area contributed by atoms with Gasteiger partial charge in [0.25, 0.3) is 0 Å². The largest absolute Gasteiger partial charge is 0.313 e. The SMILES string of the molecule is CCCc1ccc(C(Cc2nc(C)cs2)NC)cc1. The molecule has 0 aliphatic heterocycles. The average Bonchev–Trinajstić information content (AvgIpc) is 2.83. The Bertz CT molecular complexity index is 502. The van der Waals surface area contributed by atoms with E-state index in [1.54, 1.807) is 11.3 Å². The van der Waals surface area contributed by atoms with Crippen LogP contribution in [0.1, 0.15) is 41.2 Å². The standard InChI is InChI=1S/C16H22N2S/c1-4-5-13-6-8-14(9-7-13)15(17-3)10-16-18-12(2)11-19-16/h6-9,11,15,17H,4-5,10H2,1-3H3. The molecule has 0 amide bonds. The van der Waals surface area contributed by atoms with E-state index < -0.39 is 0 Å². The van der Waals surface area contributed by atoms with E-state index >= 15 is 0 Å². The van der Waals surface area contributed by atoms with Gasteiger partial charge >= 0.3 is 0 Å². The fourth-order valence-electron chi connectivity index (χ4n) is 2.26. The van der Waals surface area contributed by atoms with Gasteiger partial charge in [0.1, 0.15) is 0 Å². The van der Waals surface area contributed by atoms with E-state index in [2.05, 4.69) is 46.9 Å². The third-order valence-corrected chi connectivity index (χ3v) is 4.30. The molecule has 2 nitrogen and oxygen atoms in total. The molecule has 0 bridgehead atoms. The van der Waals surface area contributed by atoms with Gasteiger partial charge in [-0.1, -0.05) is 37.6 Å². The van der Waals surface area contributed by atoms with Crippen LogP contribution in [0.25, 0.3) is 0 Å². The Morgan fingerprint density at radius 3 is 2.53 bits per heavy atom. The monoisotopic (exact) mass is 274 g/mol. The zero-order valence-electron chi connectivity index (χ0n) is 11.9. The highest BCUT2D eigenvalue weighted by Crippen LogP contribution is 2.21. The average molecular weight is 274 g/mol. The third-order valence-electron chi connectivity index (χ3n) is 3.31. The molecule has 2 rings (SSSR count). The highest BCUT2D eigenvalue weighted by Gasteiger charge is 2.12. The molecule has 0 aliphatic rings. The van der Waals surface area contributed by atoms with Crippen LogP contribution in [-0.2, 0) is 12.8 Å². The second kappa shape index (κ2) is 6.83. The molecule has 0 spiro atoms. The summed E-state index contributed by atoms with van der Waals surface area (Å²) in [6, 6.07) is 9.33. The number of aryl methyl sites for hydroxylation is 2. The summed E-state index contributed by atoms with van der Waals surface area (Å²) in [5.74, 6) is 0. The van der Waals surface area contributed by atoms with Crippen LogP contribution in [0.4, 0.5) is 0 Å². The maximum atomic E-state index is 4.55. The van der Waals surface area contributed by atoms with Crippen LogP contribution in [0.3, 0.4) is 0 Å². The van der Waals surface area contributed by atoms with Crippen molar-refractivity contribution in [2.24, 2.45) is 0 Å². The summed E-state index contributed by atoms with van der Waals surface area (Å²) in [6.07, 6.45) is 3.32. The van der Waals surface area contributed by atoms with Crippen LogP contribution in [0.5, 0.6) is 0 Å². The van der Waals surface area contributed by atoms with Crippen molar-refractivity contribution in [1.82, 2.24) is 10.3 Å². The van der Waals surface area contributed by atoms with Crippen molar-refractivity contribution in [2.45, 2.75) is 39.2 Å². The quantitative estimate of drug-likeness (QED) is 0.864. The number of likely N-dealkylation sites (N-methyl/N-ethyl adjacent to an activating group) is 1. The lowest BCUT2D eigenvalue weighted by Gasteiger charge is -2.15. The molecular weight excluding hydrogens is 252 g/mol. The van der Waals surface area contributed by atoms with Gasteiger partial charge < -0.3 is 5.32 Å². The summed E-state index contributed by atoms with van der Waals surface area (Å²) >= 11 is 1.75. The Morgan fingerprint density at radius 1 is 1.26 bits per heavy atom. The van der Waals surface area contributed by atoms with Crippen molar-refractivity contribution < 1.29 is 0 Å². The number of nitrogens with one attached hydrogen (secondary N) is 1. The lowest BCUT2D eigenvalue weighted by atomic mass is 10.0. The van der Waals surface area contributed by atoms with Gasteiger partial charge in [0.05, 0.1) is 5.01 Å². The first-order valence-corrected chi connectivity index (χ1v) is 7.78. The molecule has 19 heavy (non-hydrogen) atoms. The summed E-state index contributed by atoms with van der Waals surface area (Å²) in [5.41, 5.74) is 3.88. The fraction of sp³-hybridized carbons (Fsp3) is 0.438. The molecular formula is C16H22N2S. The lowest BCUT2D eigenvalue weighted by Crippen LogP contribution is -2.18.